The zero-order chi connectivity index (χ0) is 12.4. The summed E-state index contributed by atoms with van der Waals surface area (Å²) in [6, 6.07) is 3.70. The van der Waals surface area contributed by atoms with E-state index in [4.69, 9.17) is 12.2 Å². The van der Waals surface area contributed by atoms with Crippen molar-refractivity contribution in [2.75, 3.05) is 0 Å². The molecule has 0 radical (unpaired) electrons. The number of fused-ring (bicyclic) bond motifs is 1. The largest absolute Gasteiger partial charge is 0.330 e. The third kappa shape index (κ3) is 1.67. The average Bonchev–Trinajstić information content (AvgIpc) is 2.70. The fourth-order valence-electron chi connectivity index (χ4n) is 2.31. The van der Waals surface area contributed by atoms with Crippen molar-refractivity contribution in [1.82, 2.24) is 9.55 Å². The first-order chi connectivity index (χ1) is 7.90. The minimum atomic E-state index is -0.268. The Balaban J connectivity index is 2.28. The van der Waals surface area contributed by atoms with E-state index in [9.17, 15) is 4.39 Å². The summed E-state index contributed by atoms with van der Waals surface area (Å²) in [5, 5.41) is 0. The Morgan fingerprint density at radius 3 is 2.76 bits per heavy atom. The second kappa shape index (κ2) is 3.42. The molecule has 2 nitrogen and oxygen atoms in total. The first-order valence-electron chi connectivity index (χ1n) is 5.49. The lowest BCUT2D eigenvalue weighted by atomic mass is 10.2. The Kier molecular flexibility index (Phi) is 2.29. The van der Waals surface area contributed by atoms with Crippen LogP contribution in [0.25, 0.3) is 11.0 Å². The second-order valence-electron chi connectivity index (χ2n) is 5.29. The molecule has 2 aromatic rings. The van der Waals surface area contributed by atoms with E-state index in [0.717, 1.165) is 17.5 Å². The van der Waals surface area contributed by atoms with E-state index in [0.29, 0.717) is 15.3 Å². The van der Waals surface area contributed by atoms with E-state index >= 15 is 0 Å². The van der Waals surface area contributed by atoms with Gasteiger partial charge in [-0.15, -0.1) is 0 Å². The molecule has 1 aliphatic carbocycles. The molecule has 0 spiro atoms. The summed E-state index contributed by atoms with van der Waals surface area (Å²) in [5.74, 6) is -0.268. The number of hydrogen-bond donors (Lipinski definition) is 1. The smallest absolute Gasteiger partial charge is 0.178 e. The van der Waals surface area contributed by atoms with Gasteiger partial charge >= 0.3 is 0 Å². The van der Waals surface area contributed by atoms with Crippen LogP contribution < -0.4 is 0 Å². The molecule has 1 fully saturated rings. The molecule has 5 heteroatoms. The standard InChI is InChI=1S/C12H12BrFN2S/c1-12(2)5-10(12)16-9-3-6(13)7(14)4-8(9)15-11(16)17/h3-4,10H,5H2,1-2H3,(H,15,17). The van der Waals surface area contributed by atoms with Crippen molar-refractivity contribution in [2.24, 2.45) is 5.41 Å². The molecule has 1 atom stereocenters. The van der Waals surface area contributed by atoms with E-state index < -0.39 is 0 Å². The predicted octanol–water partition coefficient (Wildman–Crippen LogP) is 4.57. The zero-order valence-corrected chi connectivity index (χ0v) is 12.0. The van der Waals surface area contributed by atoms with Crippen molar-refractivity contribution in [3.63, 3.8) is 0 Å². The summed E-state index contributed by atoms with van der Waals surface area (Å²) in [4.78, 5) is 3.07. The number of H-pyrrole nitrogens is 1. The minimum absolute atomic E-state index is 0.268. The highest BCUT2D eigenvalue weighted by atomic mass is 79.9. The average molecular weight is 315 g/mol. The summed E-state index contributed by atoms with van der Waals surface area (Å²) in [6.45, 7) is 4.44. The topological polar surface area (TPSA) is 20.7 Å². The van der Waals surface area contributed by atoms with Crippen LogP contribution in [0.1, 0.15) is 26.3 Å². The molecule has 1 heterocycles. The number of halogens is 2. The van der Waals surface area contributed by atoms with Gasteiger partial charge < -0.3 is 9.55 Å². The summed E-state index contributed by atoms with van der Waals surface area (Å²) in [6.07, 6.45) is 1.11. The van der Waals surface area contributed by atoms with Gasteiger partial charge in [0.2, 0.25) is 0 Å². The first-order valence-corrected chi connectivity index (χ1v) is 6.69. The number of benzene rings is 1. The number of rotatable bonds is 1. The van der Waals surface area contributed by atoms with Gasteiger partial charge in [-0.1, -0.05) is 13.8 Å². The van der Waals surface area contributed by atoms with E-state index in [1.54, 1.807) is 6.07 Å². The van der Waals surface area contributed by atoms with Gasteiger partial charge in [0.05, 0.1) is 15.5 Å². The zero-order valence-electron chi connectivity index (χ0n) is 9.55. The molecule has 0 bridgehead atoms. The maximum Gasteiger partial charge on any atom is 0.178 e. The molecule has 0 amide bonds. The van der Waals surface area contributed by atoms with Gasteiger partial charge in [-0.2, -0.15) is 0 Å². The van der Waals surface area contributed by atoms with Gasteiger partial charge in [-0.25, -0.2) is 4.39 Å². The third-order valence-electron chi connectivity index (χ3n) is 3.53. The van der Waals surface area contributed by atoms with Gasteiger partial charge in [0.1, 0.15) is 5.82 Å². The van der Waals surface area contributed by atoms with Crippen LogP contribution >= 0.6 is 28.1 Å². The summed E-state index contributed by atoms with van der Waals surface area (Å²) < 4.78 is 16.7. The minimum Gasteiger partial charge on any atom is -0.330 e. The summed E-state index contributed by atoms with van der Waals surface area (Å²) in [7, 11) is 0. The van der Waals surface area contributed by atoms with Gasteiger partial charge in [-0.05, 0) is 46.0 Å². The van der Waals surface area contributed by atoms with Crippen molar-refractivity contribution in [3.8, 4) is 0 Å². The van der Waals surface area contributed by atoms with E-state index in [2.05, 4.69) is 39.3 Å². The number of aromatic nitrogens is 2. The quantitative estimate of drug-likeness (QED) is 0.765. The highest BCUT2D eigenvalue weighted by Crippen LogP contribution is 2.56. The van der Waals surface area contributed by atoms with Gasteiger partial charge in [0.25, 0.3) is 0 Å². The van der Waals surface area contributed by atoms with Gasteiger partial charge in [0, 0.05) is 12.1 Å². The van der Waals surface area contributed by atoms with E-state index in [1.165, 1.54) is 6.07 Å². The molecular weight excluding hydrogens is 303 g/mol. The Hall–Kier alpha value is -0.680. The molecule has 1 saturated carbocycles. The highest BCUT2D eigenvalue weighted by molar-refractivity contribution is 9.10. The summed E-state index contributed by atoms with van der Waals surface area (Å²) in [5.41, 5.74) is 2.02. The Bertz CT molecular complexity index is 671. The Morgan fingerprint density at radius 1 is 1.53 bits per heavy atom. The van der Waals surface area contributed by atoms with Crippen LogP contribution in [0.4, 0.5) is 4.39 Å². The van der Waals surface area contributed by atoms with Crippen molar-refractivity contribution in [2.45, 2.75) is 26.3 Å². The molecule has 0 saturated heterocycles. The van der Waals surface area contributed by atoms with Crippen LogP contribution in [0.3, 0.4) is 0 Å². The molecule has 1 N–H and O–H groups in total. The maximum atomic E-state index is 13.4. The van der Waals surface area contributed by atoms with Crippen LogP contribution in [0.5, 0.6) is 0 Å². The molecule has 1 aliphatic rings. The molecular formula is C12H12BrFN2S. The van der Waals surface area contributed by atoms with Crippen molar-refractivity contribution >= 4 is 39.2 Å². The first kappa shape index (κ1) is 11.4. The molecule has 1 unspecified atom stereocenters. The Morgan fingerprint density at radius 2 is 2.18 bits per heavy atom. The van der Waals surface area contributed by atoms with E-state index in [-0.39, 0.29) is 11.2 Å². The van der Waals surface area contributed by atoms with Gasteiger partial charge in [-0.3, -0.25) is 0 Å². The lowest BCUT2D eigenvalue weighted by Gasteiger charge is -2.06. The van der Waals surface area contributed by atoms with Crippen LogP contribution in [0.15, 0.2) is 16.6 Å². The van der Waals surface area contributed by atoms with Crippen LogP contribution in [0, 0.1) is 16.0 Å². The third-order valence-corrected chi connectivity index (χ3v) is 4.44. The molecule has 90 valence electrons. The normalized spacial score (nSPS) is 22.0. The monoisotopic (exact) mass is 314 g/mol. The Labute approximate surface area is 112 Å². The number of aromatic amines is 1. The molecule has 1 aromatic carbocycles. The van der Waals surface area contributed by atoms with Crippen molar-refractivity contribution in [3.05, 3.63) is 27.2 Å². The second-order valence-corrected chi connectivity index (χ2v) is 6.53. The van der Waals surface area contributed by atoms with E-state index in [1.807, 2.05) is 0 Å². The number of hydrogen-bond acceptors (Lipinski definition) is 1. The van der Waals surface area contributed by atoms with Crippen LogP contribution in [-0.2, 0) is 0 Å². The highest BCUT2D eigenvalue weighted by Gasteiger charge is 2.47. The molecule has 3 rings (SSSR count). The van der Waals surface area contributed by atoms with Crippen molar-refractivity contribution in [1.29, 1.82) is 0 Å². The molecule has 1 aromatic heterocycles. The SMILES string of the molecule is CC1(C)CC1n1c(=S)[nH]c2cc(F)c(Br)cc21. The van der Waals surface area contributed by atoms with Gasteiger partial charge in [0.15, 0.2) is 4.77 Å². The fraction of sp³-hybridized carbons (Fsp3) is 0.417. The molecule has 17 heavy (non-hydrogen) atoms. The number of imidazole rings is 1. The predicted molar refractivity (Wildman–Crippen MR) is 72.2 cm³/mol. The lowest BCUT2D eigenvalue weighted by molar-refractivity contribution is 0.545. The summed E-state index contributed by atoms with van der Waals surface area (Å²) >= 11 is 8.55. The maximum absolute atomic E-state index is 13.4. The fourth-order valence-corrected chi connectivity index (χ4v) is 2.98. The number of nitrogens with zero attached hydrogens (tertiary/aromatic N) is 1. The molecule has 0 aliphatic heterocycles. The lowest BCUT2D eigenvalue weighted by Crippen LogP contribution is -2.00. The van der Waals surface area contributed by atoms with Crippen molar-refractivity contribution < 1.29 is 4.39 Å². The van der Waals surface area contributed by atoms with Crippen LogP contribution in [0.2, 0.25) is 0 Å². The number of nitrogens with one attached hydrogen (secondary N) is 1. The van der Waals surface area contributed by atoms with Crippen LogP contribution in [-0.4, -0.2) is 9.55 Å².